The van der Waals surface area contributed by atoms with Crippen molar-refractivity contribution < 1.29 is 9.01 Å². The number of allylic oxidation sites excluding steroid dienone is 1. The van der Waals surface area contributed by atoms with E-state index in [0.717, 1.165) is 16.8 Å². The second-order valence-electron chi connectivity index (χ2n) is 5.49. The van der Waals surface area contributed by atoms with Gasteiger partial charge in [-0.3, -0.25) is 0 Å². The van der Waals surface area contributed by atoms with E-state index in [9.17, 15) is 0 Å². The van der Waals surface area contributed by atoms with E-state index in [1.54, 1.807) is 6.20 Å². The summed E-state index contributed by atoms with van der Waals surface area (Å²) < 4.78 is 10.2. The van der Waals surface area contributed by atoms with Crippen LogP contribution in [0.25, 0.3) is 17.2 Å². The molecule has 0 N–H and O–H groups in total. The molecule has 0 saturated heterocycles. The van der Waals surface area contributed by atoms with Crippen LogP contribution in [-0.4, -0.2) is 23.7 Å². The molecule has 0 atom stereocenters. The number of pyridine rings is 1. The molecule has 6 heteroatoms. The molecule has 4 rings (SSSR count). The van der Waals surface area contributed by atoms with Crippen molar-refractivity contribution in [1.29, 1.82) is 0 Å². The second kappa shape index (κ2) is 4.25. The molecule has 4 heterocycles. The average Bonchev–Trinajstić information content (AvgIpc) is 3.02. The molecule has 0 unspecified atom stereocenters. The Labute approximate surface area is 123 Å². The zero-order chi connectivity index (χ0) is 14.6. The second-order valence-corrected chi connectivity index (χ2v) is 5.49. The van der Waals surface area contributed by atoms with Gasteiger partial charge >= 0.3 is 6.98 Å². The van der Waals surface area contributed by atoms with Crippen molar-refractivity contribution in [2.45, 2.75) is 6.92 Å². The standard InChI is InChI=1S/C15H16BN4O/c1-11-10-13-14(12-6-4-7-17-15(12)21-13)19(3)16(11)20-9-5-8-18(20)2/h4-10H,1-3H3/q+1. The average molecular weight is 279 g/mol. The number of nitrogens with zero attached hydrogens (tertiary/aromatic N) is 4. The highest BCUT2D eigenvalue weighted by atomic mass is 16.3. The summed E-state index contributed by atoms with van der Waals surface area (Å²) in [6, 6.07) is 6.05. The highest BCUT2D eigenvalue weighted by Gasteiger charge is 2.45. The summed E-state index contributed by atoms with van der Waals surface area (Å²) in [5.74, 6) is 0.884. The number of hydrogen-bond acceptors (Lipinski definition) is 3. The smallest absolute Gasteiger partial charge is 0.436 e. The summed E-state index contributed by atoms with van der Waals surface area (Å²) in [7, 11) is 4.15. The molecule has 5 nitrogen and oxygen atoms in total. The molecule has 0 spiro atoms. The molecule has 0 amide bonds. The van der Waals surface area contributed by atoms with Crippen LogP contribution in [0.15, 0.2) is 46.7 Å². The zero-order valence-corrected chi connectivity index (χ0v) is 12.3. The van der Waals surface area contributed by atoms with Gasteiger partial charge in [0.1, 0.15) is 0 Å². The molecule has 0 bridgehead atoms. The fraction of sp³-hybridized carbons (Fsp3) is 0.200. The molecule has 1 aliphatic rings. The van der Waals surface area contributed by atoms with E-state index in [-0.39, 0.29) is 6.98 Å². The van der Waals surface area contributed by atoms with Crippen LogP contribution < -0.4 is 9.40 Å². The third-order valence-corrected chi connectivity index (χ3v) is 4.11. The number of anilines is 1. The van der Waals surface area contributed by atoms with Gasteiger partial charge in [0.05, 0.1) is 24.3 Å². The Morgan fingerprint density at radius 2 is 2.14 bits per heavy atom. The van der Waals surface area contributed by atoms with Crippen molar-refractivity contribution in [3.8, 4) is 0 Å². The Morgan fingerprint density at radius 3 is 2.90 bits per heavy atom. The zero-order valence-electron chi connectivity index (χ0n) is 12.3. The van der Waals surface area contributed by atoms with E-state index in [0.29, 0.717) is 5.71 Å². The maximum atomic E-state index is 5.88. The lowest BCUT2D eigenvalue weighted by atomic mass is 9.64. The number of aryl methyl sites for hydroxylation is 1. The molecule has 0 radical (unpaired) electrons. The Hall–Kier alpha value is -2.50. The molecule has 104 valence electrons. The highest BCUT2D eigenvalue weighted by Crippen LogP contribution is 2.37. The molecule has 21 heavy (non-hydrogen) atoms. The first-order chi connectivity index (χ1) is 10.2. The lowest BCUT2D eigenvalue weighted by molar-refractivity contribution is -0.629. The Balaban J connectivity index is 1.95. The number of furan rings is 1. The maximum Gasteiger partial charge on any atom is 0.671 e. The molecule has 3 aromatic heterocycles. The van der Waals surface area contributed by atoms with Gasteiger partial charge in [0.25, 0.3) is 0 Å². The van der Waals surface area contributed by atoms with Gasteiger partial charge in [-0.15, -0.1) is 0 Å². The lowest BCUT2D eigenvalue weighted by Gasteiger charge is -2.24. The Morgan fingerprint density at radius 1 is 1.29 bits per heavy atom. The van der Waals surface area contributed by atoms with Gasteiger partial charge in [-0.2, -0.15) is 9.27 Å². The Kier molecular flexibility index (Phi) is 2.48. The monoisotopic (exact) mass is 279 g/mol. The van der Waals surface area contributed by atoms with Gasteiger partial charge in [0.2, 0.25) is 5.71 Å². The largest absolute Gasteiger partial charge is 0.671 e. The van der Waals surface area contributed by atoms with Gasteiger partial charge in [-0.05, 0) is 25.1 Å². The molecule has 0 saturated carbocycles. The highest BCUT2D eigenvalue weighted by molar-refractivity contribution is 6.64. The van der Waals surface area contributed by atoms with Crippen LogP contribution in [0.5, 0.6) is 0 Å². The van der Waals surface area contributed by atoms with Crippen LogP contribution in [0.4, 0.5) is 5.69 Å². The minimum atomic E-state index is 0.138. The van der Waals surface area contributed by atoms with Crippen molar-refractivity contribution in [3.05, 3.63) is 48.0 Å². The molecular weight excluding hydrogens is 263 g/mol. The molecule has 0 aliphatic carbocycles. The quantitative estimate of drug-likeness (QED) is 0.638. The lowest BCUT2D eigenvalue weighted by Crippen LogP contribution is -2.66. The molecular formula is C15H16BN4O+. The fourth-order valence-electron chi connectivity index (χ4n) is 3.18. The molecule has 1 aliphatic heterocycles. The molecule has 0 fully saturated rings. The molecule has 3 aromatic rings. The van der Waals surface area contributed by atoms with E-state index in [2.05, 4.69) is 51.4 Å². The third-order valence-electron chi connectivity index (χ3n) is 4.11. The number of aromatic nitrogens is 3. The summed E-state index contributed by atoms with van der Waals surface area (Å²) >= 11 is 0. The van der Waals surface area contributed by atoms with Crippen LogP contribution >= 0.6 is 0 Å². The predicted molar refractivity (Wildman–Crippen MR) is 82.8 cm³/mol. The van der Waals surface area contributed by atoms with E-state index in [1.165, 1.54) is 5.47 Å². The van der Waals surface area contributed by atoms with E-state index in [4.69, 9.17) is 4.42 Å². The van der Waals surface area contributed by atoms with Crippen LogP contribution in [0.3, 0.4) is 0 Å². The topological polar surface area (TPSA) is 38.1 Å². The van der Waals surface area contributed by atoms with Crippen molar-refractivity contribution in [1.82, 2.24) is 9.67 Å². The van der Waals surface area contributed by atoms with Gasteiger partial charge < -0.3 is 9.23 Å². The number of hydrogen-bond donors (Lipinski definition) is 0. The van der Waals surface area contributed by atoms with Gasteiger partial charge in [0, 0.05) is 24.8 Å². The summed E-state index contributed by atoms with van der Waals surface area (Å²) in [4.78, 5) is 6.56. The Bertz CT molecular complexity index is 864. The van der Waals surface area contributed by atoms with Crippen molar-refractivity contribution in [2.24, 2.45) is 7.05 Å². The minimum Gasteiger partial charge on any atom is -0.436 e. The van der Waals surface area contributed by atoms with Gasteiger partial charge in [-0.25, -0.2) is 4.98 Å². The van der Waals surface area contributed by atoms with Crippen molar-refractivity contribution in [2.75, 3.05) is 11.9 Å². The third kappa shape index (κ3) is 1.65. The van der Waals surface area contributed by atoms with E-state index < -0.39 is 0 Å². The minimum absolute atomic E-state index is 0.138. The van der Waals surface area contributed by atoms with Crippen LogP contribution in [0.1, 0.15) is 12.7 Å². The van der Waals surface area contributed by atoms with Crippen LogP contribution in [-0.2, 0) is 7.05 Å². The summed E-state index contributed by atoms with van der Waals surface area (Å²) in [6.45, 7) is 2.27. The van der Waals surface area contributed by atoms with Crippen molar-refractivity contribution >= 4 is 29.8 Å². The summed E-state index contributed by atoms with van der Waals surface area (Å²) in [5, 5.41) is 1.05. The number of rotatable bonds is 1. The first-order valence-electron chi connectivity index (χ1n) is 6.98. The van der Waals surface area contributed by atoms with Gasteiger partial charge in [0.15, 0.2) is 12.0 Å². The number of fused-ring (bicyclic) bond motifs is 3. The van der Waals surface area contributed by atoms with E-state index in [1.807, 2.05) is 25.4 Å². The normalized spacial score (nSPS) is 14.5. The SMILES string of the molecule is CC1=Cc2oc3ncccc3c2N(C)B1[n+]1cccn1C. The first-order valence-corrected chi connectivity index (χ1v) is 6.98. The summed E-state index contributed by atoms with van der Waals surface area (Å²) in [5.41, 5.74) is 3.02. The van der Waals surface area contributed by atoms with Crippen molar-refractivity contribution in [3.63, 3.8) is 0 Å². The maximum absolute atomic E-state index is 5.88. The van der Waals surface area contributed by atoms with Crippen LogP contribution in [0.2, 0.25) is 0 Å². The summed E-state index contributed by atoms with van der Waals surface area (Å²) in [6.07, 6.45) is 8.01. The first kappa shape index (κ1) is 12.3. The van der Waals surface area contributed by atoms with Crippen LogP contribution in [0, 0.1) is 0 Å². The van der Waals surface area contributed by atoms with E-state index >= 15 is 0 Å². The van der Waals surface area contributed by atoms with Gasteiger partial charge in [-0.1, -0.05) is 0 Å². The molecule has 0 aromatic carbocycles. The fourth-order valence-corrected chi connectivity index (χ4v) is 3.18. The predicted octanol–water partition coefficient (Wildman–Crippen LogP) is 1.88.